The van der Waals surface area contributed by atoms with Crippen molar-refractivity contribution < 1.29 is 5.11 Å². The zero-order valence-electron chi connectivity index (χ0n) is 6.80. The molecule has 1 atom stereocenters. The quantitative estimate of drug-likeness (QED) is 0.763. The molecule has 0 radical (unpaired) electrons. The van der Waals surface area contributed by atoms with Crippen molar-refractivity contribution in [3.63, 3.8) is 0 Å². The number of hydrogen-bond donors (Lipinski definition) is 3. The van der Waals surface area contributed by atoms with Crippen molar-refractivity contribution in [2.75, 3.05) is 6.54 Å². The van der Waals surface area contributed by atoms with E-state index in [0.29, 0.717) is 15.1 Å². The number of nitrogens with two attached hydrogens (primary N) is 2. The fourth-order valence-electron chi connectivity index (χ4n) is 1.03. The van der Waals surface area contributed by atoms with E-state index in [-0.39, 0.29) is 12.3 Å². The topological polar surface area (TPSA) is 72.3 Å². The first-order chi connectivity index (χ1) is 6.07. The van der Waals surface area contributed by atoms with Crippen LogP contribution in [-0.4, -0.2) is 11.7 Å². The zero-order chi connectivity index (χ0) is 10.0. The summed E-state index contributed by atoms with van der Waals surface area (Å²) in [6, 6.07) is 2.88. The van der Waals surface area contributed by atoms with Gasteiger partial charge in [0.2, 0.25) is 0 Å². The van der Waals surface area contributed by atoms with Crippen molar-refractivity contribution in [2.24, 2.45) is 11.5 Å². The van der Waals surface area contributed by atoms with Gasteiger partial charge in [0, 0.05) is 23.2 Å². The van der Waals surface area contributed by atoms with Crippen LogP contribution in [0.15, 0.2) is 16.6 Å². The minimum atomic E-state index is -0.440. The van der Waals surface area contributed by atoms with Crippen LogP contribution in [0.4, 0.5) is 0 Å². The van der Waals surface area contributed by atoms with E-state index in [0.717, 1.165) is 0 Å². The van der Waals surface area contributed by atoms with E-state index < -0.39 is 6.04 Å². The van der Waals surface area contributed by atoms with Crippen LogP contribution in [0.2, 0.25) is 5.02 Å². The predicted octanol–water partition coefficient (Wildman–Crippen LogP) is 1.77. The lowest BCUT2D eigenvalue weighted by molar-refractivity contribution is 0.458. The number of phenolic OH excluding ortho intramolecular Hbond substituents is 1. The van der Waals surface area contributed by atoms with Gasteiger partial charge in [0.25, 0.3) is 0 Å². The zero-order valence-corrected chi connectivity index (χ0v) is 9.14. The van der Waals surface area contributed by atoms with Crippen molar-refractivity contribution in [3.05, 3.63) is 27.2 Å². The van der Waals surface area contributed by atoms with E-state index in [1.807, 2.05) is 0 Å². The summed E-state index contributed by atoms with van der Waals surface area (Å²) >= 11 is 9.03. The standard InChI is InChI=1S/C8H10BrClN2O/c9-4-1-2-5(10)7(8(4)13)6(12)3-11/h1-2,6,13H,3,11-12H2/t6-/m0/s1. The molecule has 0 fully saturated rings. The number of phenols is 1. The summed E-state index contributed by atoms with van der Waals surface area (Å²) < 4.78 is 0.566. The van der Waals surface area contributed by atoms with Crippen LogP contribution in [0.5, 0.6) is 5.75 Å². The Hall–Kier alpha value is -0.290. The molecule has 0 aliphatic carbocycles. The molecular weight excluding hydrogens is 255 g/mol. The maximum absolute atomic E-state index is 9.61. The Balaban J connectivity index is 3.25. The van der Waals surface area contributed by atoms with Gasteiger partial charge in [-0.3, -0.25) is 0 Å². The Morgan fingerprint density at radius 2 is 2.15 bits per heavy atom. The SMILES string of the molecule is NC[C@H](N)c1c(Cl)ccc(Br)c1O. The van der Waals surface area contributed by atoms with Crippen molar-refractivity contribution in [1.29, 1.82) is 0 Å². The first-order valence-electron chi connectivity index (χ1n) is 3.70. The van der Waals surface area contributed by atoms with Gasteiger partial charge in [-0.1, -0.05) is 11.6 Å². The van der Waals surface area contributed by atoms with Gasteiger partial charge in [0.05, 0.1) is 4.47 Å². The van der Waals surface area contributed by atoms with Crippen LogP contribution in [-0.2, 0) is 0 Å². The molecule has 0 bridgehead atoms. The molecule has 0 unspecified atom stereocenters. The summed E-state index contributed by atoms with van der Waals surface area (Å²) in [6.45, 7) is 0.240. The molecule has 0 amide bonds. The third-order valence-electron chi connectivity index (χ3n) is 1.74. The Kier molecular flexibility index (Phi) is 3.55. The smallest absolute Gasteiger partial charge is 0.136 e. The van der Waals surface area contributed by atoms with E-state index >= 15 is 0 Å². The van der Waals surface area contributed by atoms with Gasteiger partial charge in [0.15, 0.2) is 0 Å². The van der Waals surface area contributed by atoms with E-state index in [4.69, 9.17) is 23.1 Å². The minimum absolute atomic E-state index is 0.0606. The molecule has 1 rings (SSSR count). The lowest BCUT2D eigenvalue weighted by Gasteiger charge is -2.13. The fourth-order valence-corrected chi connectivity index (χ4v) is 1.67. The van der Waals surface area contributed by atoms with Crippen LogP contribution in [0.1, 0.15) is 11.6 Å². The van der Waals surface area contributed by atoms with Crippen LogP contribution in [0.25, 0.3) is 0 Å². The van der Waals surface area contributed by atoms with E-state index in [9.17, 15) is 5.11 Å². The second kappa shape index (κ2) is 4.28. The number of aromatic hydroxyl groups is 1. The lowest BCUT2D eigenvalue weighted by atomic mass is 10.1. The van der Waals surface area contributed by atoms with Gasteiger partial charge < -0.3 is 16.6 Å². The molecule has 0 aromatic heterocycles. The number of hydrogen-bond acceptors (Lipinski definition) is 3. The molecule has 0 aliphatic rings. The Labute approximate surface area is 89.8 Å². The van der Waals surface area contributed by atoms with Crippen molar-refractivity contribution in [2.45, 2.75) is 6.04 Å². The van der Waals surface area contributed by atoms with Gasteiger partial charge in [-0.25, -0.2) is 0 Å². The third-order valence-corrected chi connectivity index (χ3v) is 2.71. The number of benzene rings is 1. The van der Waals surface area contributed by atoms with Crippen molar-refractivity contribution >= 4 is 27.5 Å². The van der Waals surface area contributed by atoms with E-state index in [2.05, 4.69) is 15.9 Å². The van der Waals surface area contributed by atoms with Gasteiger partial charge in [-0.2, -0.15) is 0 Å². The Bertz CT molecular complexity index is 319. The number of rotatable bonds is 2. The van der Waals surface area contributed by atoms with Gasteiger partial charge in [0.1, 0.15) is 5.75 Å². The summed E-state index contributed by atoms with van der Waals surface area (Å²) in [7, 11) is 0. The summed E-state index contributed by atoms with van der Waals surface area (Å²) in [5.41, 5.74) is 11.5. The molecule has 72 valence electrons. The van der Waals surface area contributed by atoms with Crippen LogP contribution >= 0.6 is 27.5 Å². The Morgan fingerprint density at radius 1 is 1.54 bits per heavy atom. The van der Waals surface area contributed by atoms with Crippen LogP contribution in [0, 0.1) is 0 Å². The highest BCUT2D eigenvalue weighted by Gasteiger charge is 2.15. The lowest BCUT2D eigenvalue weighted by Crippen LogP contribution is -2.21. The van der Waals surface area contributed by atoms with Gasteiger partial charge in [-0.05, 0) is 28.1 Å². The van der Waals surface area contributed by atoms with Crippen LogP contribution in [0.3, 0.4) is 0 Å². The largest absolute Gasteiger partial charge is 0.506 e. The third kappa shape index (κ3) is 2.14. The molecule has 0 aliphatic heterocycles. The average Bonchev–Trinajstić information content (AvgIpc) is 2.12. The maximum atomic E-state index is 9.61. The second-order valence-corrected chi connectivity index (χ2v) is 3.90. The van der Waals surface area contributed by atoms with E-state index in [1.54, 1.807) is 12.1 Å². The molecule has 0 spiro atoms. The van der Waals surface area contributed by atoms with Crippen molar-refractivity contribution in [3.8, 4) is 5.75 Å². The van der Waals surface area contributed by atoms with Crippen molar-refractivity contribution in [1.82, 2.24) is 0 Å². The molecule has 5 heteroatoms. The molecule has 0 heterocycles. The van der Waals surface area contributed by atoms with Crippen LogP contribution < -0.4 is 11.5 Å². The fraction of sp³-hybridized carbons (Fsp3) is 0.250. The average molecular weight is 266 g/mol. The first kappa shape index (κ1) is 10.8. The summed E-state index contributed by atoms with van der Waals surface area (Å²) in [5.74, 6) is 0.0606. The Morgan fingerprint density at radius 3 is 2.69 bits per heavy atom. The van der Waals surface area contributed by atoms with Gasteiger partial charge in [-0.15, -0.1) is 0 Å². The maximum Gasteiger partial charge on any atom is 0.136 e. The molecule has 1 aromatic carbocycles. The molecule has 0 saturated heterocycles. The molecular formula is C8H10BrClN2O. The molecule has 5 N–H and O–H groups in total. The highest BCUT2D eigenvalue weighted by atomic mass is 79.9. The second-order valence-electron chi connectivity index (χ2n) is 2.63. The minimum Gasteiger partial charge on any atom is -0.506 e. The molecule has 0 saturated carbocycles. The van der Waals surface area contributed by atoms with Gasteiger partial charge >= 0.3 is 0 Å². The first-order valence-corrected chi connectivity index (χ1v) is 4.87. The summed E-state index contributed by atoms with van der Waals surface area (Å²) in [6.07, 6.45) is 0. The highest BCUT2D eigenvalue weighted by molar-refractivity contribution is 9.10. The summed E-state index contributed by atoms with van der Waals surface area (Å²) in [5, 5.41) is 10.0. The molecule has 1 aromatic rings. The summed E-state index contributed by atoms with van der Waals surface area (Å²) in [4.78, 5) is 0. The predicted molar refractivity (Wildman–Crippen MR) is 56.8 cm³/mol. The molecule has 3 nitrogen and oxygen atoms in total. The highest BCUT2D eigenvalue weighted by Crippen LogP contribution is 2.35. The normalized spacial score (nSPS) is 12.9. The number of halogens is 2. The molecule has 13 heavy (non-hydrogen) atoms. The van der Waals surface area contributed by atoms with E-state index in [1.165, 1.54) is 0 Å². The monoisotopic (exact) mass is 264 g/mol.